The Labute approximate surface area is 113 Å². The summed E-state index contributed by atoms with van der Waals surface area (Å²) in [7, 11) is 2.24. The molecule has 1 fully saturated rings. The summed E-state index contributed by atoms with van der Waals surface area (Å²) in [5, 5.41) is 2.21. The first-order valence-corrected chi connectivity index (χ1v) is 7.43. The summed E-state index contributed by atoms with van der Waals surface area (Å²) < 4.78 is 0. The monoisotopic (exact) mass is 257 g/mol. The zero-order valence-electron chi connectivity index (χ0n) is 10.8. The molecule has 1 aromatic heterocycles. The van der Waals surface area contributed by atoms with Gasteiger partial charge in [0.2, 0.25) is 0 Å². The maximum Gasteiger partial charge on any atom is 0.0226 e. The van der Waals surface area contributed by atoms with Crippen molar-refractivity contribution in [3.05, 3.63) is 58.3 Å². The maximum atomic E-state index is 2.46. The van der Waals surface area contributed by atoms with Crippen LogP contribution in [0.1, 0.15) is 16.9 Å². The fourth-order valence-electron chi connectivity index (χ4n) is 3.08. The van der Waals surface area contributed by atoms with E-state index in [0.29, 0.717) is 5.41 Å². The first kappa shape index (κ1) is 11.9. The molecule has 0 spiro atoms. The molecular weight excluding hydrogens is 238 g/mol. The van der Waals surface area contributed by atoms with E-state index < -0.39 is 0 Å². The van der Waals surface area contributed by atoms with Gasteiger partial charge in [0, 0.05) is 16.8 Å². The summed E-state index contributed by atoms with van der Waals surface area (Å²) in [5.74, 6) is 0. The Kier molecular flexibility index (Phi) is 3.23. The predicted molar refractivity (Wildman–Crippen MR) is 78.3 cm³/mol. The third-order valence-electron chi connectivity index (χ3n) is 3.97. The highest BCUT2D eigenvalue weighted by molar-refractivity contribution is 7.10. The molecule has 0 bridgehead atoms. The Hall–Kier alpha value is -1.12. The number of likely N-dealkylation sites (N-methyl/N-ethyl adjacent to an activating group) is 1. The minimum atomic E-state index is 0.338. The van der Waals surface area contributed by atoms with Gasteiger partial charge in [-0.15, -0.1) is 11.3 Å². The average Bonchev–Trinajstić information content (AvgIpc) is 3.01. The number of likely N-dealkylation sites (tertiary alicyclic amines) is 1. The molecule has 2 heterocycles. The Morgan fingerprint density at radius 3 is 2.61 bits per heavy atom. The zero-order chi connectivity index (χ0) is 12.4. The highest BCUT2D eigenvalue weighted by Gasteiger charge is 2.39. The SMILES string of the molecule is CN1CCC(Cc2ccccc2)(c2cccs2)C1. The van der Waals surface area contributed by atoms with Crippen LogP contribution in [0.4, 0.5) is 0 Å². The molecule has 1 aliphatic heterocycles. The fourth-order valence-corrected chi connectivity index (χ4v) is 4.03. The van der Waals surface area contributed by atoms with Gasteiger partial charge in [0.25, 0.3) is 0 Å². The summed E-state index contributed by atoms with van der Waals surface area (Å²) in [6, 6.07) is 15.4. The van der Waals surface area contributed by atoms with E-state index in [1.807, 2.05) is 11.3 Å². The molecule has 0 amide bonds. The molecule has 0 N–H and O–H groups in total. The lowest BCUT2D eigenvalue weighted by Crippen LogP contribution is -2.31. The topological polar surface area (TPSA) is 3.24 Å². The lowest BCUT2D eigenvalue weighted by molar-refractivity contribution is 0.369. The van der Waals surface area contributed by atoms with Crippen LogP contribution in [0.25, 0.3) is 0 Å². The van der Waals surface area contributed by atoms with Crippen LogP contribution < -0.4 is 0 Å². The highest BCUT2D eigenvalue weighted by Crippen LogP contribution is 2.39. The molecule has 1 aliphatic rings. The first-order chi connectivity index (χ1) is 8.78. The quantitative estimate of drug-likeness (QED) is 0.812. The number of hydrogen-bond donors (Lipinski definition) is 0. The largest absolute Gasteiger partial charge is 0.305 e. The molecule has 1 atom stereocenters. The normalized spacial score (nSPS) is 24.5. The van der Waals surface area contributed by atoms with E-state index in [2.05, 4.69) is 59.8 Å². The second-order valence-electron chi connectivity index (χ2n) is 5.41. The molecule has 0 aliphatic carbocycles. The van der Waals surface area contributed by atoms with Crippen molar-refractivity contribution in [1.29, 1.82) is 0 Å². The van der Waals surface area contributed by atoms with Gasteiger partial charge in [-0.05, 0) is 43.4 Å². The van der Waals surface area contributed by atoms with Crippen LogP contribution in [0.2, 0.25) is 0 Å². The van der Waals surface area contributed by atoms with Crippen LogP contribution >= 0.6 is 11.3 Å². The minimum absolute atomic E-state index is 0.338. The van der Waals surface area contributed by atoms with Crippen LogP contribution in [-0.2, 0) is 11.8 Å². The third kappa shape index (κ3) is 2.23. The molecule has 0 radical (unpaired) electrons. The van der Waals surface area contributed by atoms with Crippen LogP contribution in [0.15, 0.2) is 47.8 Å². The van der Waals surface area contributed by atoms with Crippen molar-refractivity contribution in [1.82, 2.24) is 4.90 Å². The standard InChI is InChI=1S/C16H19NS/c1-17-10-9-16(13-17,15-8-5-11-18-15)12-14-6-3-2-4-7-14/h2-8,11H,9-10,12-13H2,1H3. The molecule has 1 unspecified atom stereocenters. The average molecular weight is 257 g/mol. The number of thiophene rings is 1. The van der Waals surface area contributed by atoms with Gasteiger partial charge in [0.05, 0.1) is 0 Å². The second kappa shape index (κ2) is 4.87. The summed E-state index contributed by atoms with van der Waals surface area (Å²) in [4.78, 5) is 4.01. The number of nitrogens with zero attached hydrogens (tertiary/aromatic N) is 1. The summed E-state index contributed by atoms with van der Waals surface area (Å²) in [6.45, 7) is 2.40. The van der Waals surface area contributed by atoms with E-state index in [9.17, 15) is 0 Å². The summed E-state index contributed by atoms with van der Waals surface area (Å²) in [5.41, 5.74) is 1.80. The van der Waals surface area contributed by atoms with E-state index in [-0.39, 0.29) is 0 Å². The van der Waals surface area contributed by atoms with E-state index >= 15 is 0 Å². The number of hydrogen-bond acceptors (Lipinski definition) is 2. The predicted octanol–water partition coefficient (Wildman–Crippen LogP) is 3.56. The lowest BCUT2D eigenvalue weighted by Gasteiger charge is -2.28. The van der Waals surface area contributed by atoms with E-state index in [1.54, 1.807) is 4.88 Å². The molecule has 1 nitrogen and oxygen atoms in total. The van der Waals surface area contributed by atoms with Gasteiger partial charge < -0.3 is 4.90 Å². The molecule has 0 saturated carbocycles. The molecule has 2 aromatic rings. The van der Waals surface area contributed by atoms with Crippen LogP contribution in [0, 0.1) is 0 Å². The molecule has 94 valence electrons. The van der Waals surface area contributed by atoms with Gasteiger partial charge in [-0.1, -0.05) is 36.4 Å². The molecule has 3 rings (SSSR count). The van der Waals surface area contributed by atoms with Crippen molar-refractivity contribution in [2.45, 2.75) is 18.3 Å². The van der Waals surface area contributed by atoms with Gasteiger partial charge in [-0.3, -0.25) is 0 Å². The van der Waals surface area contributed by atoms with Crippen molar-refractivity contribution in [3.8, 4) is 0 Å². The van der Waals surface area contributed by atoms with Gasteiger partial charge in [-0.2, -0.15) is 0 Å². The zero-order valence-corrected chi connectivity index (χ0v) is 11.6. The first-order valence-electron chi connectivity index (χ1n) is 6.55. The van der Waals surface area contributed by atoms with Gasteiger partial charge >= 0.3 is 0 Å². The van der Waals surface area contributed by atoms with Crippen molar-refractivity contribution >= 4 is 11.3 Å². The van der Waals surface area contributed by atoms with Crippen molar-refractivity contribution in [2.75, 3.05) is 20.1 Å². The van der Waals surface area contributed by atoms with Crippen LogP contribution in [0.3, 0.4) is 0 Å². The van der Waals surface area contributed by atoms with Crippen molar-refractivity contribution < 1.29 is 0 Å². The van der Waals surface area contributed by atoms with Crippen molar-refractivity contribution in [3.63, 3.8) is 0 Å². The Morgan fingerprint density at radius 2 is 2.00 bits per heavy atom. The van der Waals surface area contributed by atoms with E-state index in [4.69, 9.17) is 0 Å². The number of benzene rings is 1. The van der Waals surface area contributed by atoms with E-state index in [1.165, 1.54) is 31.5 Å². The van der Waals surface area contributed by atoms with Gasteiger partial charge in [0.15, 0.2) is 0 Å². The minimum Gasteiger partial charge on any atom is -0.305 e. The Bertz CT molecular complexity index is 491. The Balaban J connectivity index is 1.92. The maximum absolute atomic E-state index is 2.46. The van der Waals surface area contributed by atoms with Crippen molar-refractivity contribution in [2.24, 2.45) is 0 Å². The fraction of sp³-hybridized carbons (Fsp3) is 0.375. The summed E-state index contributed by atoms with van der Waals surface area (Å²) >= 11 is 1.91. The third-order valence-corrected chi connectivity index (χ3v) is 5.09. The van der Waals surface area contributed by atoms with Gasteiger partial charge in [-0.25, -0.2) is 0 Å². The molecule has 1 aromatic carbocycles. The van der Waals surface area contributed by atoms with E-state index in [0.717, 1.165) is 0 Å². The van der Waals surface area contributed by atoms with Crippen LogP contribution in [-0.4, -0.2) is 25.0 Å². The Morgan fingerprint density at radius 1 is 1.17 bits per heavy atom. The molecule has 1 saturated heterocycles. The second-order valence-corrected chi connectivity index (χ2v) is 6.36. The van der Waals surface area contributed by atoms with Gasteiger partial charge in [0.1, 0.15) is 0 Å². The molecule has 18 heavy (non-hydrogen) atoms. The summed E-state index contributed by atoms with van der Waals surface area (Å²) in [6.07, 6.45) is 2.44. The molecular formula is C16H19NS. The smallest absolute Gasteiger partial charge is 0.0226 e. The lowest BCUT2D eigenvalue weighted by atomic mass is 9.79. The number of rotatable bonds is 3. The highest BCUT2D eigenvalue weighted by atomic mass is 32.1. The molecule has 2 heteroatoms. The van der Waals surface area contributed by atoms with Crippen LogP contribution in [0.5, 0.6) is 0 Å².